The van der Waals surface area contributed by atoms with Crippen LogP contribution in [0.15, 0.2) is 24.3 Å². The number of hydrogen-bond donors (Lipinski definition) is 1. The highest BCUT2D eigenvalue weighted by Gasteiger charge is 2.48. The molecule has 2 fully saturated rings. The maximum Gasteiger partial charge on any atom is 0.326 e. The number of benzene rings is 1. The highest BCUT2D eigenvalue weighted by Crippen LogP contribution is 2.37. The van der Waals surface area contributed by atoms with Gasteiger partial charge < -0.3 is 9.72 Å². The van der Waals surface area contributed by atoms with Crippen LogP contribution in [0, 0.1) is 18.8 Å². The normalized spacial score (nSPS) is 22.6. The van der Waals surface area contributed by atoms with Gasteiger partial charge in [-0.1, -0.05) is 31.0 Å². The molecule has 0 unspecified atom stereocenters. The average Bonchev–Trinajstić information content (AvgIpc) is 3.16. The van der Waals surface area contributed by atoms with Crippen LogP contribution in [0.1, 0.15) is 48.7 Å². The van der Waals surface area contributed by atoms with Crippen LogP contribution < -0.4 is 0 Å². The van der Waals surface area contributed by atoms with E-state index < -0.39 is 18.6 Å². The van der Waals surface area contributed by atoms with Crippen LogP contribution in [0.25, 0.3) is 10.9 Å². The van der Waals surface area contributed by atoms with Gasteiger partial charge in [-0.3, -0.25) is 24.1 Å². The van der Waals surface area contributed by atoms with Crippen LogP contribution in [-0.4, -0.2) is 46.1 Å². The van der Waals surface area contributed by atoms with Gasteiger partial charge >= 0.3 is 5.97 Å². The van der Waals surface area contributed by atoms with Crippen molar-refractivity contribution in [2.24, 2.45) is 11.8 Å². The van der Waals surface area contributed by atoms with Crippen LogP contribution >= 0.6 is 0 Å². The molecule has 7 nitrogen and oxygen atoms in total. The number of carbonyl (C=O) groups excluding carboxylic acids is 4. The lowest BCUT2D eigenvalue weighted by Crippen LogP contribution is -2.38. The van der Waals surface area contributed by atoms with E-state index in [-0.39, 0.29) is 29.4 Å². The van der Waals surface area contributed by atoms with E-state index in [1.165, 1.54) is 6.92 Å². The van der Waals surface area contributed by atoms with Crippen molar-refractivity contribution in [1.29, 1.82) is 0 Å². The molecule has 1 aromatic carbocycles. The van der Waals surface area contributed by atoms with Gasteiger partial charge in [-0.15, -0.1) is 0 Å². The average molecular weight is 396 g/mol. The van der Waals surface area contributed by atoms with Crippen molar-refractivity contribution in [3.05, 3.63) is 35.5 Å². The van der Waals surface area contributed by atoms with Gasteiger partial charge in [0, 0.05) is 22.2 Å². The van der Waals surface area contributed by atoms with Crippen molar-refractivity contribution in [3.63, 3.8) is 0 Å². The summed E-state index contributed by atoms with van der Waals surface area (Å²) in [6.45, 7) is 2.87. The molecule has 0 spiro atoms. The molecule has 1 N–H and O–H groups in total. The number of ether oxygens (including phenoxy) is 1. The molecule has 2 aliphatic rings. The Labute approximate surface area is 168 Å². The fourth-order valence-electron chi connectivity index (χ4n) is 4.60. The summed E-state index contributed by atoms with van der Waals surface area (Å²) in [6.07, 6.45) is 2.21. The third-order valence-corrected chi connectivity index (χ3v) is 6.04. The van der Waals surface area contributed by atoms with Crippen LogP contribution in [0.5, 0.6) is 0 Å². The number of hydrogen-bond acceptors (Lipinski definition) is 5. The fourth-order valence-corrected chi connectivity index (χ4v) is 4.60. The van der Waals surface area contributed by atoms with E-state index in [1.807, 2.05) is 24.3 Å². The molecule has 1 saturated heterocycles. The Balaban J connectivity index is 1.44. The van der Waals surface area contributed by atoms with Gasteiger partial charge in [0.25, 0.3) is 0 Å². The Morgan fingerprint density at radius 2 is 1.76 bits per heavy atom. The summed E-state index contributed by atoms with van der Waals surface area (Å²) < 4.78 is 5.30. The van der Waals surface area contributed by atoms with E-state index in [4.69, 9.17) is 4.74 Å². The van der Waals surface area contributed by atoms with E-state index in [1.54, 1.807) is 6.92 Å². The zero-order valence-corrected chi connectivity index (χ0v) is 16.6. The van der Waals surface area contributed by atoms with Gasteiger partial charge in [0.15, 0.2) is 6.10 Å². The van der Waals surface area contributed by atoms with Crippen molar-refractivity contribution >= 4 is 34.5 Å². The molecule has 2 aromatic rings. The van der Waals surface area contributed by atoms with Crippen LogP contribution in [0.2, 0.25) is 0 Å². The Hall–Kier alpha value is -2.96. The number of aromatic nitrogens is 1. The van der Waals surface area contributed by atoms with Crippen molar-refractivity contribution < 1.29 is 23.9 Å². The molecule has 0 radical (unpaired) electrons. The van der Waals surface area contributed by atoms with E-state index in [2.05, 4.69) is 4.98 Å². The molecule has 0 bridgehead atoms. The lowest BCUT2D eigenvalue weighted by molar-refractivity contribution is -0.154. The number of para-hydroxylation sites is 1. The first-order chi connectivity index (χ1) is 13.9. The molecule has 1 aliphatic carbocycles. The number of likely N-dealkylation sites (tertiary alicyclic amines) is 1. The van der Waals surface area contributed by atoms with E-state index in [9.17, 15) is 19.2 Å². The summed E-state index contributed by atoms with van der Waals surface area (Å²) in [7, 11) is 0. The minimum Gasteiger partial charge on any atom is -0.453 e. The molecule has 3 atom stereocenters. The minimum atomic E-state index is -1.02. The molecule has 2 heterocycles. The summed E-state index contributed by atoms with van der Waals surface area (Å²) >= 11 is 0. The second kappa shape index (κ2) is 7.46. The van der Waals surface area contributed by atoms with E-state index in [0.717, 1.165) is 28.6 Å². The van der Waals surface area contributed by atoms with Crippen LogP contribution in [0.3, 0.4) is 0 Å². The first-order valence-electron chi connectivity index (χ1n) is 10.0. The number of rotatable bonds is 5. The fraction of sp³-hybridized carbons (Fsp3) is 0.455. The highest BCUT2D eigenvalue weighted by molar-refractivity contribution is 6.12. The van der Waals surface area contributed by atoms with Gasteiger partial charge in [-0.2, -0.15) is 0 Å². The summed E-state index contributed by atoms with van der Waals surface area (Å²) in [5.74, 6) is -2.26. The molecule has 7 heteroatoms. The third kappa shape index (κ3) is 3.34. The van der Waals surface area contributed by atoms with E-state index >= 15 is 0 Å². The second-order valence-electron chi connectivity index (χ2n) is 7.93. The van der Waals surface area contributed by atoms with Crippen LogP contribution in [-0.2, 0) is 19.1 Å². The number of H-pyrrole nitrogens is 1. The number of esters is 1. The molecule has 1 aliphatic heterocycles. The number of fused-ring (bicyclic) bond motifs is 2. The standard InChI is InChI=1S/C22H24N2O5/c1-12-19(16-9-5-6-10-17(16)23-12)20(26)13(2)29-18(25)11-24-21(27)14-7-3-4-8-15(14)22(24)28/h5-6,9-10,13-15,23H,3-4,7-8,11H2,1-2H3/t13-,14-,15+/m1/s1. The van der Waals surface area contributed by atoms with Crippen molar-refractivity contribution in [1.82, 2.24) is 9.88 Å². The monoisotopic (exact) mass is 396 g/mol. The van der Waals surface area contributed by atoms with Gasteiger partial charge in [0.2, 0.25) is 17.6 Å². The number of aryl methyl sites for hydroxylation is 1. The highest BCUT2D eigenvalue weighted by atomic mass is 16.5. The summed E-state index contributed by atoms with van der Waals surface area (Å²) in [5, 5.41) is 0.770. The van der Waals surface area contributed by atoms with E-state index in [0.29, 0.717) is 24.1 Å². The minimum absolute atomic E-state index is 0.289. The Morgan fingerprint density at radius 1 is 1.14 bits per heavy atom. The molecule has 29 heavy (non-hydrogen) atoms. The zero-order valence-electron chi connectivity index (χ0n) is 16.6. The number of aromatic amines is 1. The van der Waals surface area contributed by atoms with Gasteiger partial charge in [0.1, 0.15) is 6.54 Å². The topological polar surface area (TPSA) is 96.5 Å². The number of nitrogens with zero attached hydrogens (tertiary/aromatic N) is 1. The number of amides is 2. The summed E-state index contributed by atoms with van der Waals surface area (Å²) in [5.41, 5.74) is 2.02. The lowest BCUT2D eigenvalue weighted by Gasteiger charge is -2.19. The molecule has 152 valence electrons. The molecular formula is C22H24N2O5. The number of ketones is 1. The molecular weight excluding hydrogens is 372 g/mol. The van der Waals surface area contributed by atoms with Gasteiger partial charge in [-0.05, 0) is 32.8 Å². The predicted octanol–water partition coefficient (Wildman–Crippen LogP) is 2.77. The first-order valence-corrected chi connectivity index (χ1v) is 10.0. The smallest absolute Gasteiger partial charge is 0.326 e. The van der Waals surface area contributed by atoms with Gasteiger partial charge in [-0.25, -0.2) is 0 Å². The third-order valence-electron chi connectivity index (χ3n) is 6.04. The summed E-state index contributed by atoms with van der Waals surface area (Å²) in [6, 6.07) is 7.43. The maximum atomic E-state index is 12.9. The number of nitrogens with one attached hydrogen (secondary N) is 1. The van der Waals surface area contributed by atoms with Crippen LogP contribution in [0.4, 0.5) is 0 Å². The van der Waals surface area contributed by atoms with Crippen molar-refractivity contribution in [3.8, 4) is 0 Å². The lowest BCUT2D eigenvalue weighted by atomic mass is 9.81. The van der Waals surface area contributed by atoms with Crippen molar-refractivity contribution in [2.45, 2.75) is 45.6 Å². The number of imide groups is 1. The predicted molar refractivity (Wildman–Crippen MR) is 105 cm³/mol. The second-order valence-corrected chi connectivity index (χ2v) is 7.93. The Bertz CT molecular complexity index is 984. The molecule has 1 aromatic heterocycles. The zero-order chi connectivity index (χ0) is 20.7. The number of Topliss-reactive ketones (excluding diaryl/α,β-unsaturated/α-hetero) is 1. The summed E-state index contributed by atoms with van der Waals surface area (Å²) in [4.78, 5) is 54.5. The van der Waals surface area contributed by atoms with Gasteiger partial charge in [0.05, 0.1) is 11.8 Å². The molecule has 4 rings (SSSR count). The quantitative estimate of drug-likeness (QED) is 0.476. The Kier molecular flexibility index (Phi) is 4.98. The largest absolute Gasteiger partial charge is 0.453 e. The molecule has 2 amide bonds. The molecule has 1 saturated carbocycles. The maximum absolute atomic E-state index is 12.9. The number of carbonyl (C=O) groups is 4. The Morgan fingerprint density at radius 3 is 2.41 bits per heavy atom. The SMILES string of the molecule is Cc1[nH]c2ccccc2c1C(=O)[C@@H](C)OC(=O)CN1C(=O)[C@H]2CCCC[C@H]2C1=O. The first kappa shape index (κ1) is 19.4. The van der Waals surface area contributed by atoms with Crippen molar-refractivity contribution in [2.75, 3.05) is 6.54 Å².